The number of nitrogens with zero attached hydrogens (tertiary/aromatic N) is 2. The number of hydrogen-bond acceptors (Lipinski definition) is 2. The zero-order valence-corrected chi connectivity index (χ0v) is 12.7. The van der Waals surface area contributed by atoms with Crippen molar-refractivity contribution in [2.45, 2.75) is 39.1 Å². The summed E-state index contributed by atoms with van der Waals surface area (Å²) in [5.74, 6) is 2.44. The van der Waals surface area contributed by atoms with Crippen molar-refractivity contribution in [3.8, 4) is 5.75 Å². The molecule has 3 nitrogen and oxygen atoms in total. The monoisotopic (exact) mass is 280 g/mol. The lowest BCUT2D eigenvalue weighted by molar-refractivity contribution is 0.415. The molecule has 19 heavy (non-hydrogen) atoms. The summed E-state index contributed by atoms with van der Waals surface area (Å²) in [7, 11) is 1.68. The average Bonchev–Trinajstić information content (AvgIpc) is 2.74. The molecule has 1 heterocycles. The van der Waals surface area contributed by atoms with Gasteiger partial charge in [-0.2, -0.15) is 0 Å². The van der Waals surface area contributed by atoms with Crippen LogP contribution in [0.1, 0.15) is 38.4 Å². The van der Waals surface area contributed by atoms with Crippen molar-refractivity contribution < 1.29 is 4.74 Å². The Morgan fingerprint density at radius 1 is 1.32 bits per heavy atom. The number of ether oxygens (including phenoxy) is 1. The van der Waals surface area contributed by atoms with Crippen LogP contribution in [0.15, 0.2) is 18.2 Å². The van der Waals surface area contributed by atoms with Gasteiger partial charge in [-0.1, -0.05) is 13.8 Å². The standard InChI is InChI=1S/C15H21ClN2O/c1-10(2)7-8-18-14-9-12(19-4)5-6-13(14)17-15(18)11(3)16/h5-6,9-11H,7-8H2,1-4H3. The van der Waals surface area contributed by atoms with Gasteiger partial charge in [-0.25, -0.2) is 4.98 Å². The lowest BCUT2D eigenvalue weighted by atomic mass is 10.1. The average molecular weight is 281 g/mol. The summed E-state index contributed by atoms with van der Waals surface area (Å²) >= 11 is 6.25. The van der Waals surface area contributed by atoms with Crippen molar-refractivity contribution in [1.29, 1.82) is 0 Å². The number of halogens is 1. The molecule has 1 aromatic carbocycles. The molecule has 0 aliphatic heterocycles. The number of benzene rings is 1. The number of rotatable bonds is 5. The van der Waals surface area contributed by atoms with Crippen molar-refractivity contribution in [3.63, 3.8) is 0 Å². The highest BCUT2D eigenvalue weighted by molar-refractivity contribution is 6.20. The number of alkyl halides is 1. The fraction of sp³-hybridized carbons (Fsp3) is 0.533. The molecule has 0 saturated heterocycles. The van der Waals surface area contributed by atoms with E-state index in [0.29, 0.717) is 5.92 Å². The van der Waals surface area contributed by atoms with Gasteiger partial charge in [0.2, 0.25) is 0 Å². The highest BCUT2D eigenvalue weighted by Gasteiger charge is 2.15. The Labute approximate surface area is 119 Å². The maximum atomic E-state index is 6.25. The van der Waals surface area contributed by atoms with E-state index in [0.717, 1.165) is 35.6 Å². The number of imidazole rings is 1. The summed E-state index contributed by atoms with van der Waals surface area (Å²) in [6.45, 7) is 7.35. The van der Waals surface area contributed by atoms with Crippen molar-refractivity contribution >= 4 is 22.6 Å². The Balaban J connectivity index is 2.50. The van der Waals surface area contributed by atoms with Crippen LogP contribution in [0.5, 0.6) is 5.75 Å². The maximum Gasteiger partial charge on any atom is 0.127 e. The van der Waals surface area contributed by atoms with Gasteiger partial charge in [0.25, 0.3) is 0 Å². The van der Waals surface area contributed by atoms with Crippen molar-refractivity contribution in [2.75, 3.05) is 7.11 Å². The maximum absolute atomic E-state index is 6.25. The molecule has 0 radical (unpaired) electrons. The highest BCUT2D eigenvalue weighted by atomic mass is 35.5. The van der Waals surface area contributed by atoms with E-state index >= 15 is 0 Å². The lowest BCUT2D eigenvalue weighted by Crippen LogP contribution is -2.06. The Bertz CT molecular complexity index is 561. The van der Waals surface area contributed by atoms with Crippen LogP contribution in [-0.2, 0) is 6.54 Å². The Morgan fingerprint density at radius 2 is 2.05 bits per heavy atom. The smallest absolute Gasteiger partial charge is 0.127 e. The first kappa shape index (κ1) is 14.2. The van der Waals surface area contributed by atoms with Gasteiger partial charge in [-0.05, 0) is 31.4 Å². The predicted molar refractivity (Wildman–Crippen MR) is 80.0 cm³/mol. The second-order valence-electron chi connectivity index (χ2n) is 5.27. The van der Waals surface area contributed by atoms with E-state index in [9.17, 15) is 0 Å². The Hall–Kier alpha value is -1.22. The molecule has 1 aromatic heterocycles. The summed E-state index contributed by atoms with van der Waals surface area (Å²) in [4.78, 5) is 4.64. The SMILES string of the molecule is COc1ccc2nc(C(C)Cl)n(CCC(C)C)c2c1. The van der Waals surface area contributed by atoms with Gasteiger partial charge in [0, 0.05) is 12.6 Å². The Kier molecular flexibility index (Phi) is 4.35. The summed E-state index contributed by atoms with van der Waals surface area (Å²) in [6.07, 6.45) is 1.11. The van der Waals surface area contributed by atoms with Crippen LogP contribution >= 0.6 is 11.6 Å². The third kappa shape index (κ3) is 3.03. The van der Waals surface area contributed by atoms with E-state index in [2.05, 4.69) is 23.4 Å². The molecule has 1 atom stereocenters. The number of aryl methyl sites for hydroxylation is 1. The summed E-state index contributed by atoms with van der Waals surface area (Å²) in [5, 5.41) is -0.0921. The minimum atomic E-state index is -0.0921. The number of fused-ring (bicyclic) bond motifs is 1. The van der Waals surface area contributed by atoms with E-state index in [-0.39, 0.29) is 5.38 Å². The first-order valence-corrected chi connectivity index (χ1v) is 7.14. The van der Waals surface area contributed by atoms with Gasteiger partial charge < -0.3 is 9.30 Å². The normalized spacial score (nSPS) is 13.2. The number of methoxy groups -OCH3 is 1. The molecule has 2 rings (SSSR count). The first-order chi connectivity index (χ1) is 9.02. The van der Waals surface area contributed by atoms with Crippen LogP contribution in [0.2, 0.25) is 0 Å². The zero-order valence-electron chi connectivity index (χ0n) is 12.0. The molecular formula is C15H21ClN2O. The van der Waals surface area contributed by atoms with Gasteiger partial charge in [-0.3, -0.25) is 0 Å². The predicted octanol–water partition coefficient (Wildman–Crippen LogP) is 4.39. The second-order valence-corrected chi connectivity index (χ2v) is 5.93. The minimum absolute atomic E-state index is 0.0921. The summed E-state index contributed by atoms with van der Waals surface area (Å²) in [6, 6.07) is 5.96. The molecule has 0 fully saturated rings. The molecule has 0 spiro atoms. The van der Waals surface area contributed by atoms with Crippen LogP contribution in [-0.4, -0.2) is 16.7 Å². The molecule has 0 aliphatic carbocycles. The molecule has 2 aromatic rings. The number of aromatic nitrogens is 2. The topological polar surface area (TPSA) is 27.1 Å². The molecular weight excluding hydrogens is 260 g/mol. The molecule has 0 saturated carbocycles. The van der Waals surface area contributed by atoms with E-state index in [1.807, 2.05) is 25.1 Å². The van der Waals surface area contributed by atoms with E-state index < -0.39 is 0 Å². The van der Waals surface area contributed by atoms with Crippen LogP contribution < -0.4 is 4.74 Å². The van der Waals surface area contributed by atoms with Crippen molar-refractivity contribution in [3.05, 3.63) is 24.0 Å². The largest absolute Gasteiger partial charge is 0.497 e. The van der Waals surface area contributed by atoms with Crippen molar-refractivity contribution in [2.24, 2.45) is 5.92 Å². The van der Waals surface area contributed by atoms with E-state index in [1.54, 1.807) is 7.11 Å². The van der Waals surface area contributed by atoms with Gasteiger partial charge in [-0.15, -0.1) is 11.6 Å². The highest BCUT2D eigenvalue weighted by Crippen LogP contribution is 2.27. The summed E-state index contributed by atoms with van der Waals surface area (Å²) < 4.78 is 7.52. The van der Waals surface area contributed by atoms with Crippen LogP contribution in [0, 0.1) is 5.92 Å². The molecule has 104 valence electrons. The van der Waals surface area contributed by atoms with Crippen LogP contribution in [0.3, 0.4) is 0 Å². The molecule has 0 bridgehead atoms. The molecule has 1 unspecified atom stereocenters. The minimum Gasteiger partial charge on any atom is -0.497 e. The van der Waals surface area contributed by atoms with Gasteiger partial charge in [0.15, 0.2) is 0 Å². The fourth-order valence-electron chi connectivity index (χ4n) is 2.17. The third-order valence-corrected chi connectivity index (χ3v) is 3.47. The molecule has 0 aliphatic rings. The second kappa shape index (κ2) is 5.83. The first-order valence-electron chi connectivity index (χ1n) is 6.71. The lowest BCUT2D eigenvalue weighted by Gasteiger charge is -2.12. The Morgan fingerprint density at radius 3 is 2.63 bits per heavy atom. The van der Waals surface area contributed by atoms with Gasteiger partial charge in [0.1, 0.15) is 11.6 Å². The fourth-order valence-corrected chi connectivity index (χ4v) is 2.34. The van der Waals surface area contributed by atoms with Gasteiger partial charge in [0.05, 0.1) is 23.5 Å². The van der Waals surface area contributed by atoms with E-state index in [1.165, 1.54) is 0 Å². The third-order valence-electron chi connectivity index (χ3n) is 3.27. The quantitative estimate of drug-likeness (QED) is 0.760. The van der Waals surface area contributed by atoms with E-state index in [4.69, 9.17) is 16.3 Å². The van der Waals surface area contributed by atoms with Crippen molar-refractivity contribution in [1.82, 2.24) is 9.55 Å². The summed E-state index contributed by atoms with van der Waals surface area (Å²) in [5.41, 5.74) is 2.08. The van der Waals surface area contributed by atoms with Crippen LogP contribution in [0.25, 0.3) is 11.0 Å². The molecule has 0 amide bonds. The van der Waals surface area contributed by atoms with Gasteiger partial charge >= 0.3 is 0 Å². The zero-order chi connectivity index (χ0) is 14.0. The number of hydrogen-bond donors (Lipinski definition) is 0. The molecule has 4 heteroatoms. The van der Waals surface area contributed by atoms with Crippen LogP contribution in [0.4, 0.5) is 0 Å². The molecule has 0 N–H and O–H groups in total.